The van der Waals surface area contributed by atoms with Gasteiger partial charge in [0, 0.05) is 0 Å². The highest BCUT2D eigenvalue weighted by Gasteiger charge is 2.51. The standard InChI is InChI=1S/C14H23NO4/c1-8-10(16)11-9(2)18-14(6,7)15(11)12(17)19-13(3,4)5/h1,9-11,16H,2-7H3. The Morgan fingerprint density at radius 2 is 2.05 bits per heavy atom. The Balaban J connectivity index is 3.04. The topological polar surface area (TPSA) is 59.0 Å². The van der Waals surface area contributed by atoms with Crippen LogP contribution in [-0.4, -0.2) is 45.7 Å². The minimum absolute atomic E-state index is 0.367. The molecular weight excluding hydrogens is 246 g/mol. The number of carbonyl (C=O) groups is 1. The molecular formula is C14H23NO4. The van der Waals surface area contributed by atoms with Crippen molar-refractivity contribution in [1.82, 2.24) is 4.90 Å². The van der Waals surface area contributed by atoms with Crippen LogP contribution in [0.3, 0.4) is 0 Å². The maximum absolute atomic E-state index is 12.3. The van der Waals surface area contributed by atoms with Crippen LogP contribution < -0.4 is 0 Å². The van der Waals surface area contributed by atoms with Crippen molar-refractivity contribution < 1.29 is 19.4 Å². The summed E-state index contributed by atoms with van der Waals surface area (Å²) in [6, 6.07) is -0.616. The fourth-order valence-corrected chi connectivity index (χ4v) is 2.30. The summed E-state index contributed by atoms with van der Waals surface area (Å²) in [5, 5.41) is 9.91. The number of aliphatic hydroxyl groups excluding tert-OH is 1. The molecule has 5 nitrogen and oxygen atoms in total. The SMILES string of the molecule is C#CC(O)C1C(C)OC(C)(C)N1C(=O)OC(C)(C)C. The summed E-state index contributed by atoms with van der Waals surface area (Å²) in [7, 11) is 0. The molecule has 3 unspecified atom stereocenters. The van der Waals surface area contributed by atoms with Crippen molar-refractivity contribution >= 4 is 6.09 Å². The van der Waals surface area contributed by atoms with Crippen LogP contribution in [0.15, 0.2) is 0 Å². The Morgan fingerprint density at radius 3 is 2.47 bits per heavy atom. The van der Waals surface area contributed by atoms with Gasteiger partial charge in [0.2, 0.25) is 0 Å². The summed E-state index contributed by atoms with van der Waals surface area (Å²) in [4.78, 5) is 13.7. The summed E-state index contributed by atoms with van der Waals surface area (Å²) >= 11 is 0. The Morgan fingerprint density at radius 1 is 1.53 bits per heavy atom. The van der Waals surface area contributed by atoms with E-state index in [2.05, 4.69) is 5.92 Å². The smallest absolute Gasteiger partial charge is 0.413 e. The lowest BCUT2D eigenvalue weighted by Gasteiger charge is -2.35. The fourth-order valence-electron chi connectivity index (χ4n) is 2.30. The molecule has 0 aromatic heterocycles. The molecule has 1 amide bonds. The molecule has 3 atom stereocenters. The number of hydrogen-bond donors (Lipinski definition) is 1. The number of rotatable bonds is 1. The summed E-state index contributed by atoms with van der Waals surface area (Å²) in [5.74, 6) is 2.25. The second-order valence-electron chi connectivity index (χ2n) is 6.22. The second kappa shape index (κ2) is 5.03. The van der Waals surface area contributed by atoms with E-state index in [-0.39, 0.29) is 6.10 Å². The highest BCUT2D eigenvalue weighted by atomic mass is 16.6. The zero-order chi connectivity index (χ0) is 15.0. The van der Waals surface area contributed by atoms with Crippen molar-refractivity contribution in [3.05, 3.63) is 0 Å². The van der Waals surface area contributed by atoms with Crippen LogP contribution in [0.25, 0.3) is 0 Å². The Bertz CT molecular complexity index is 391. The van der Waals surface area contributed by atoms with E-state index < -0.39 is 29.6 Å². The first-order chi connectivity index (χ1) is 8.49. The normalized spacial score (nSPS) is 27.8. The monoisotopic (exact) mass is 269 g/mol. The largest absolute Gasteiger partial charge is 0.444 e. The highest BCUT2D eigenvalue weighted by Crippen LogP contribution is 2.34. The van der Waals surface area contributed by atoms with Gasteiger partial charge in [-0.15, -0.1) is 6.42 Å². The lowest BCUT2D eigenvalue weighted by atomic mass is 10.1. The van der Waals surface area contributed by atoms with Gasteiger partial charge in [-0.3, -0.25) is 4.90 Å². The van der Waals surface area contributed by atoms with Crippen LogP contribution in [0, 0.1) is 12.3 Å². The number of nitrogens with zero attached hydrogens (tertiary/aromatic N) is 1. The molecule has 0 saturated carbocycles. The molecule has 0 aromatic rings. The van der Waals surface area contributed by atoms with Gasteiger partial charge in [0.1, 0.15) is 23.5 Å². The van der Waals surface area contributed by atoms with E-state index >= 15 is 0 Å². The maximum Gasteiger partial charge on any atom is 0.413 e. The quantitative estimate of drug-likeness (QED) is 0.737. The molecule has 108 valence electrons. The van der Waals surface area contributed by atoms with Gasteiger partial charge in [-0.1, -0.05) is 5.92 Å². The first-order valence-electron chi connectivity index (χ1n) is 6.34. The molecule has 0 aliphatic carbocycles. The van der Waals surface area contributed by atoms with Crippen molar-refractivity contribution in [3.63, 3.8) is 0 Å². The Kier molecular flexibility index (Phi) is 4.18. The van der Waals surface area contributed by atoms with E-state index in [1.165, 1.54) is 4.90 Å². The van der Waals surface area contributed by atoms with Crippen molar-refractivity contribution in [2.45, 2.75) is 71.1 Å². The summed E-state index contributed by atoms with van der Waals surface area (Å²) in [5.41, 5.74) is -1.49. The zero-order valence-corrected chi connectivity index (χ0v) is 12.4. The van der Waals surface area contributed by atoms with Gasteiger partial charge in [-0.2, -0.15) is 0 Å². The average molecular weight is 269 g/mol. The van der Waals surface area contributed by atoms with Gasteiger partial charge in [0.25, 0.3) is 0 Å². The highest BCUT2D eigenvalue weighted by molar-refractivity contribution is 5.70. The third kappa shape index (κ3) is 3.40. The molecule has 1 fully saturated rings. The summed E-state index contributed by atoms with van der Waals surface area (Å²) in [6.45, 7) is 10.6. The first-order valence-corrected chi connectivity index (χ1v) is 6.34. The van der Waals surface area contributed by atoms with Gasteiger partial charge in [-0.25, -0.2) is 4.79 Å². The molecule has 0 spiro atoms. The van der Waals surface area contributed by atoms with Gasteiger partial charge in [0.15, 0.2) is 0 Å². The number of terminal acetylenes is 1. The number of amides is 1. The molecule has 1 N–H and O–H groups in total. The summed E-state index contributed by atoms with van der Waals surface area (Å²) < 4.78 is 11.1. The molecule has 1 aliphatic rings. The molecule has 1 heterocycles. The molecule has 5 heteroatoms. The van der Waals surface area contributed by atoms with E-state index in [1.807, 2.05) is 0 Å². The third-order valence-corrected chi connectivity index (χ3v) is 2.92. The van der Waals surface area contributed by atoms with Crippen LogP contribution in [0.1, 0.15) is 41.5 Å². The predicted octanol–water partition coefficient (Wildman–Crippen LogP) is 1.74. The number of ether oxygens (including phenoxy) is 2. The number of aliphatic hydroxyl groups is 1. The van der Waals surface area contributed by atoms with E-state index in [4.69, 9.17) is 15.9 Å². The van der Waals surface area contributed by atoms with Gasteiger partial charge in [-0.05, 0) is 41.5 Å². The molecule has 1 rings (SSSR count). The molecule has 0 bridgehead atoms. The van der Waals surface area contributed by atoms with Crippen LogP contribution in [-0.2, 0) is 9.47 Å². The van der Waals surface area contributed by atoms with E-state index in [0.29, 0.717) is 0 Å². The minimum atomic E-state index is -1.09. The van der Waals surface area contributed by atoms with Gasteiger partial charge >= 0.3 is 6.09 Å². The molecule has 0 radical (unpaired) electrons. The fraction of sp³-hybridized carbons (Fsp3) is 0.786. The Labute approximate surface area is 114 Å². The van der Waals surface area contributed by atoms with Crippen LogP contribution >= 0.6 is 0 Å². The number of hydrogen-bond acceptors (Lipinski definition) is 4. The van der Waals surface area contributed by atoms with Gasteiger partial charge in [0.05, 0.1) is 6.10 Å². The van der Waals surface area contributed by atoms with E-state index in [9.17, 15) is 9.90 Å². The molecule has 19 heavy (non-hydrogen) atoms. The Hall–Kier alpha value is -1.25. The summed E-state index contributed by atoms with van der Waals surface area (Å²) in [6.07, 6.45) is 3.26. The van der Waals surface area contributed by atoms with Crippen LogP contribution in [0.4, 0.5) is 4.79 Å². The van der Waals surface area contributed by atoms with Gasteiger partial charge < -0.3 is 14.6 Å². The third-order valence-electron chi connectivity index (χ3n) is 2.92. The zero-order valence-electron chi connectivity index (χ0n) is 12.4. The minimum Gasteiger partial charge on any atom is -0.444 e. The predicted molar refractivity (Wildman–Crippen MR) is 71.3 cm³/mol. The van der Waals surface area contributed by atoms with Crippen molar-refractivity contribution in [2.75, 3.05) is 0 Å². The average Bonchev–Trinajstić information content (AvgIpc) is 2.44. The van der Waals surface area contributed by atoms with Crippen molar-refractivity contribution in [2.24, 2.45) is 0 Å². The van der Waals surface area contributed by atoms with E-state index in [1.54, 1.807) is 41.5 Å². The van der Waals surface area contributed by atoms with Crippen LogP contribution in [0.2, 0.25) is 0 Å². The molecule has 0 aromatic carbocycles. The van der Waals surface area contributed by atoms with Crippen molar-refractivity contribution in [1.29, 1.82) is 0 Å². The lowest BCUT2D eigenvalue weighted by Crippen LogP contribution is -2.53. The molecule has 1 saturated heterocycles. The molecule has 1 aliphatic heterocycles. The van der Waals surface area contributed by atoms with Crippen molar-refractivity contribution in [3.8, 4) is 12.3 Å². The maximum atomic E-state index is 12.3. The van der Waals surface area contributed by atoms with Crippen LogP contribution in [0.5, 0.6) is 0 Å². The lowest BCUT2D eigenvalue weighted by molar-refractivity contribution is -0.0767. The first kappa shape index (κ1) is 15.8. The van der Waals surface area contributed by atoms with E-state index in [0.717, 1.165) is 0 Å². The second-order valence-corrected chi connectivity index (χ2v) is 6.22. The number of carbonyl (C=O) groups excluding carboxylic acids is 1.